The van der Waals surface area contributed by atoms with Crippen LogP contribution < -0.4 is 15.5 Å². The normalized spacial score (nSPS) is 21.0. The lowest BCUT2D eigenvalue weighted by Crippen LogP contribution is -2.43. The van der Waals surface area contributed by atoms with Gasteiger partial charge >= 0.3 is 0 Å². The molecule has 8 heteroatoms. The molecule has 2 aromatic carbocycles. The predicted molar refractivity (Wildman–Crippen MR) is 133 cm³/mol. The molecular formula is C26H32N4O3S. The molecule has 180 valence electrons. The Balaban J connectivity index is 1.44. The molecule has 1 aliphatic carbocycles. The van der Waals surface area contributed by atoms with Gasteiger partial charge in [0, 0.05) is 37.8 Å². The summed E-state index contributed by atoms with van der Waals surface area (Å²) in [4.78, 5) is 15.1. The second kappa shape index (κ2) is 11.0. The van der Waals surface area contributed by atoms with E-state index in [1.165, 1.54) is 5.69 Å². The Hall–Kier alpha value is -2.89. The highest BCUT2D eigenvalue weighted by atomic mass is 32.2. The lowest BCUT2D eigenvalue weighted by atomic mass is 9.80. The Kier molecular flexibility index (Phi) is 7.86. The van der Waals surface area contributed by atoms with E-state index in [0.717, 1.165) is 50.1 Å². The zero-order valence-electron chi connectivity index (χ0n) is 19.4. The van der Waals surface area contributed by atoms with Gasteiger partial charge in [0.15, 0.2) is 9.84 Å². The summed E-state index contributed by atoms with van der Waals surface area (Å²) in [5.74, 6) is -0.836. The van der Waals surface area contributed by atoms with Crippen LogP contribution >= 0.6 is 0 Å². The van der Waals surface area contributed by atoms with Crippen LogP contribution in [-0.2, 0) is 14.6 Å². The fourth-order valence-corrected chi connectivity index (χ4v) is 6.74. The van der Waals surface area contributed by atoms with Crippen molar-refractivity contribution in [3.63, 3.8) is 0 Å². The molecule has 0 spiro atoms. The Labute approximate surface area is 202 Å². The number of nitriles is 1. The van der Waals surface area contributed by atoms with Crippen molar-refractivity contribution < 1.29 is 13.2 Å². The van der Waals surface area contributed by atoms with Gasteiger partial charge in [-0.15, -0.1) is 0 Å². The molecule has 1 aliphatic heterocycles. The van der Waals surface area contributed by atoms with E-state index in [1.54, 1.807) is 12.1 Å². The molecule has 1 saturated carbocycles. The van der Waals surface area contributed by atoms with E-state index in [1.807, 2.05) is 18.2 Å². The molecule has 1 heterocycles. The van der Waals surface area contributed by atoms with E-state index < -0.39 is 9.84 Å². The van der Waals surface area contributed by atoms with E-state index in [4.69, 9.17) is 5.26 Å². The minimum absolute atomic E-state index is 0.0453. The zero-order chi connectivity index (χ0) is 24.0. The van der Waals surface area contributed by atoms with Crippen molar-refractivity contribution in [2.24, 2.45) is 11.8 Å². The van der Waals surface area contributed by atoms with Crippen LogP contribution in [0.15, 0.2) is 53.4 Å². The highest BCUT2D eigenvalue weighted by molar-refractivity contribution is 7.91. The number of carbonyl (C=O) groups excluding carboxylic acids is 1. The van der Waals surface area contributed by atoms with Gasteiger partial charge in [0.05, 0.1) is 16.7 Å². The lowest BCUT2D eigenvalue weighted by Gasteiger charge is -2.30. The SMILES string of the molecule is N#CCNC(=O)[C@H]1CCCC[C@@H]1CS(=O)(=O)c1ccc(-c2ccc(N3CCNCC3)cc2)cc1. The second-order valence-electron chi connectivity index (χ2n) is 9.12. The Morgan fingerprint density at radius 1 is 1.00 bits per heavy atom. The second-order valence-corrected chi connectivity index (χ2v) is 11.2. The summed E-state index contributed by atoms with van der Waals surface area (Å²) >= 11 is 0. The number of hydrogen-bond acceptors (Lipinski definition) is 6. The van der Waals surface area contributed by atoms with Crippen molar-refractivity contribution in [3.05, 3.63) is 48.5 Å². The van der Waals surface area contributed by atoms with Gasteiger partial charge < -0.3 is 15.5 Å². The molecule has 0 radical (unpaired) electrons. The molecule has 1 saturated heterocycles. The maximum atomic E-state index is 13.2. The number of amides is 1. The maximum absolute atomic E-state index is 13.2. The molecule has 7 nitrogen and oxygen atoms in total. The van der Waals surface area contributed by atoms with Crippen molar-refractivity contribution in [1.29, 1.82) is 5.26 Å². The van der Waals surface area contributed by atoms with Gasteiger partial charge in [-0.05, 0) is 54.2 Å². The van der Waals surface area contributed by atoms with Gasteiger partial charge in [-0.1, -0.05) is 37.1 Å². The summed E-state index contributed by atoms with van der Waals surface area (Å²) in [7, 11) is -3.52. The topological polar surface area (TPSA) is 102 Å². The summed E-state index contributed by atoms with van der Waals surface area (Å²) in [5, 5.41) is 14.7. The summed E-state index contributed by atoms with van der Waals surface area (Å²) in [6.07, 6.45) is 3.20. The van der Waals surface area contributed by atoms with Gasteiger partial charge in [0.2, 0.25) is 5.91 Å². The van der Waals surface area contributed by atoms with Crippen LogP contribution in [0.3, 0.4) is 0 Å². The number of carbonyl (C=O) groups is 1. The molecule has 0 bridgehead atoms. The molecule has 2 fully saturated rings. The average Bonchev–Trinajstić information content (AvgIpc) is 2.88. The first-order valence-corrected chi connectivity index (χ1v) is 13.7. The number of sulfone groups is 1. The van der Waals surface area contributed by atoms with Gasteiger partial charge in [-0.2, -0.15) is 5.26 Å². The van der Waals surface area contributed by atoms with Crippen molar-refractivity contribution in [2.75, 3.05) is 43.4 Å². The van der Waals surface area contributed by atoms with Crippen LogP contribution in [-0.4, -0.2) is 52.8 Å². The number of hydrogen-bond donors (Lipinski definition) is 2. The molecule has 1 amide bonds. The van der Waals surface area contributed by atoms with Crippen LogP contribution in [0.25, 0.3) is 11.1 Å². The number of rotatable bonds is 7. The van der Waals surface area contributed by atoms with Crippen molar-refractivity contribution in [3.8, 4) is 17.2 Å². The third-order valence-corrected chi connectivity index (χ3v) is 8.77. The minimum atomic E-state index is -3.52. The molecule has 34 heavy (non-hydrogen) atoms. The zero-order valence-corrected chi connectivity index (χ0v) is 20.2. The highest BCUT2D eigenvalue weighted by Crippen LogP contribution is 2.33. The first-order valence-electron chi connectivity index (χ1n) is 12.0. The van der Waals surface area contributed by atoms with Crippen LogP contribution in [0.2, 0.25) is 0 Å². The maximum Gasteiger partial charge on any atom is 0.224 e. The van der Waals surface area contributed by atoms with Crippen molar-refractivity contribution in [1.82, 2.24) is 10.6 Å². The molecule has 2 aliphatic rings. The largest absolute Gasteiger partial charge is 0.369 e. The minimum Gasteiger partial charge on any atom is -0.369 e. The van der Waals surface area contributed by atoms with Crippen LogP contribution in [0.1, 0.15) is 25.7 Å². The average molecular weight is 481 g/mol. The van der Waals surface area contributed by atoms with Crippen LogP contribution in [0.4, 0.5) is 5.69 Å². The van der Waals surface area contributed by atoms with Gasteiger partial charge in [-0.3, -0.25) is 4.79 Å². The number of benzene rings is 2. The molecule has 0 unspecified atom stereocenters. The van der Waals surface area contributed by atoms with Gasteiger partial charge in [0.1, 0.15) is 6.54 Å². The van der Waals surface area contributed by atoms with E-state index in [2.05, 4.69) is 39.8 Å². The van der Waals surface area contributed by atoms with E-state index in [9.17, 15) is 13.2 Å². The standard InChI is InChI=1S/C26H32N4O3S/c27-13-14-29-26(31)25-4-2-1-3-22(25)19-34(32,33)24-11-7-21(8-12-24)20-5-9-23(10-6-20)30-17-15-28-16-18-30/h5-12,22,25,28H,1-4,14-19H2,(H,29,31)/t22-,25+/m1/s1. The monoisotopic (exact) mass is 480 g/mol. The highest BCUT2D eigenvalue weighted by Gasteiger charge is 2.34. The fraction of sp³-hybridized carbons (Fsp3) is 0.462. The quantitative estimate of drug-likeness (QED) is 0.591. The number of anilines is 1. The smallest absolute Gasteiger partial charge is 0.224 e. The van der Waals surface area contributed by atoms with Crippen molar-refractivity contribution in [2.45, 2.75) is 30.6 Å². The molecule has 2 atom stereocenters. The molecule has 4 rings (SSSR count). The van der Waals surface area contributed by atoms with E-state index >= 15 is 0 Å². The Morgan fingerprint density at radius 2 is 1.62 bits per heavy atom. The Bertz CT molecular complexity index is 1120. The third-order valence-electron chi connectivity index (χ3n) is 6.92. The van der Waals surface area contributed by atoms with E-state index in [0.29, 0.717) is 12.8 Å². The fourth-order valence-electron chi connectivity index (χ4n) is 5.03. The van der Waals surface area contributed by atoms with Crippen LogP contribution in [0, 0.1) is 23.2 Å². The molecule has 2 N–H and O–H groups in total. The van der Waals surface area contributed by atoms with E-state index in [-0.39, 0.29) is 34.9 Å². The first kappa shape index (κ1) is 24.2. The van der Waals surface area contributed by atoms with Crippen LogP contribution in [0.5, 0.6) is 0 Å². The summed E-state index contributed by atoms with van der Waals surface area (Å²) in [6.45, 7) is 3.92. The predicted octanol–water partition coefficient (Wildman–Crippen LogP) is 2.98. The first-order chi connectivity index (χ1) is 16.5. The molecule has 0 aromatic heterocycles. The number of piperazine rings is 1. The van der Waals surface area contributed by atoms with Gasteiger partial charge in [-0.25, -0.2) is 8.42 Å². The lowest BCUT2D eigenvalue weighted by molar-refractivity contribution is -0.127. The van der Waals surface area contributed by atoms with Gasteiger partial charge in [0.25, 0.3) is 0 Å². The summed E-state index contributed by atoms with van der Waals surface area (Å²) in [5.41, 5.74) is 3.21. The molecular weight excluding hydrogens is 448 g/mol. The third kappa shape index (κ3) is 5.78. The summed E-state index contributed by atoms with van der Waals surface area (Å²) in [6, 6.07) is 17.3. The molecule has 2 aromatic rings. The summed E-state index contributed by atoms with van der Waals surface area (Å²) < 4.78 is 26.3. The Morgan fingerprint density at radius 3 is 2.26 bits per heavy atom. The van der Waals surface area contributed by atoms with Crippen molar-refractivity contribution >= 4 is 21.4 Å². The number of nitrogens with one attached hydrogen (secondary N) is 2. The number of nitrogens with zero attached hydrogens (tertiary/aromatic N) is 2.